The van der Waals surface area contributed by atoms with Gasteiger partial charge in [0.1, 0.15) is 0 Å². The summed E-state index contributed by atoms with van der Waals surface area (Å²) in [7, 11) is 0. The third-order valence-corrected chi connectivity index (χ3v) is 13.2. The van der Waals surface area contributed by atoms with Crippen molar-refractivity contribution in [2.24, 2.45) is 5.11 Å². The standard InChI is InChI=1S/C39H72N12O4/c1-32(2)17-25(18-33(3,4)48(32)52)46(26-19-34(5,6)49(53)35(7,8)20-26)30-41-29(44-45-40)42-31(43-30)47(27-21-36(9,10)50(54)37(11,12)22-27)28-23-38(13,14)51(55)39(15,16)24-28/h25-28,52-55H,17-24H2,1-16H3. The van der Waals surface area contributed by atoms with E-state index in [9.17, 15) is 26.4 Å². The quantitative estimate of drug-likeness (QED) is 0.118. The van der Waals surface area contributed by atoms with Crippen LogP contribution in [-0.4, -0.2) is 125 Å². The van der Waals surface area contributed by atoms with Crippen molar-refractivity contribution in [1.29, 1.82) is 0 Å². The molecule has 16 nitrogen and oxygen atoms in total. The van der Waals surface area contributed by atoms with Gasteiger partial charge in [-0.25, -0.2) is 0 Å². The number of hydrogen-bond donors (Lipinski definition) is 4. The van der Waals surface area contributed by atoms with Crippen molar-refractivity contribution in [2.45, 2.75) is 231 Å². The Labute approximate surface area is 329 Å². The third kappa shape index (κ3) is 8.18. The summed E-state index contributed by atoms with van der Waals surface area (Å²) in [6.07, 6.45) is 4.80. The Kier molecular flexibility index (Phi) is 11.0. The molecule has 0 aromatic carbocycles. The topological polar surface area (TPSA) is 188 Å². The van der Waals surface area contributed by atoms with E-state index < -0.39 is 44.3 Å². The van der Waals surface area contributed by atoms with Crippen LogP contribution in [-0.2, 0) is 0 Å². The van der Waals surface area contributed by atoms with Crippen LogP contribution < -0.4 is 9.80 Å². The maximum absolute atomic E-state index is 11.4. The fourth-order valence-electron chi connectivity index (χ4n) is 11.6. The maximum atomic E-state index is 11.4. The van der Waals surface area contributed by atoms with Gasteiger partial charge in [-0.3, -0.25) is 0 Å². The van der Waals surface area contributed by atoms with Crippen LogP contribution in [0.5, 0.6) is 0 Å². The molecule has 0 amide bonds. The van der Waals surface area contributed by atoms with Gasteiger partial charge in [0, 0.05) is 73.4 Å². The molecule has 0 aliphatic carbocycles. The lowest BCUT2D eigenvalue weighted by molar-refractivity contribution is -0.251. The smallest absolute Gasteiger partial charge is 0.231 e. The Hall–Kier alpha value is -2.40. The number of piperidine rings is 4. The molecule has 1 aromatic heterocycles. The summed E-state index contributed by atoms with van der Waals surface area (Å²) < 4.78 is 0. The van der Waals surface area contributed by atoms with Crippen LogP contribution in [0.25, 0.3) is 10.4 Å². The molecular weight excluding hydrogens is 701 g/mol. The van der Waals surface area contributed by atoms with Crippen LogP contribution in [0.2, 0.25) is 0 Å². The van der Waals surface area contributed by atoms with E-state index in [4.69, 9.17) is 15.0 Å². The fraction of sp³-hybridized carbons (Fsp3) is 0.923. The first-order valence-electron chi connectivity index (χ1n) is 20.1. The number of rotatable bonds is 7. The van der Waals surface area contributed by atoms with Crippen LogP contribution in [0, 0.1) is 0 Å². The summed E-state index contributed by atoms with van der Waals surface area (Å²) in [5, 5.41) is 55.5. The Bertz CT molecular complexity index is 1380. The zero-order valence-electron chi connectivity index (χ0n) is 36.6. The minimum atomic E-state index is -0.590. The molecule has 0 bridgehead atoms. The minimum Gasteiger partial charge on any atom is -0.334 e. The predicted molar refractivity (Wildman–Crippen MR) is 213 cm³/mol. The first kappa shape index (κ1) is 43.7. The first-order valence-corrected chi connectivity index (χ1v) is 20.1. The van der Waals surface area contributed by atoms with Gasteiger partial charge in [0.05, 0.1) is 0 Å². The van der Waals surface area contributed by atoms with Crippen molar-refractivity contribution in [1.82, 2.24) is 35.2 Å². The zero-order valence-corrected chi connectivity index (χ0v) is 36.6. The van der Waals surface area contributed by atoms with Crippen LogP contribution in [0.3, 0.4) is 0 Å². The summed E-state index contributed by atoms with van der Waals surface area (Å²) in [6, 6.07) is -0.541. The number of nitrogens with zero attached hydrogens (tertiary/aromatic N) is 12. The molecule has 0 radical (unpaired) electrons. The molecule has 312 valence electrons. The molecule has 4 aliphatic rings. The molecule has 0 spiro atoms. The highest BCUT2D eigenvalue weighted by Gasteiger charge is 2.55. The summed E-state index contributed by atoms with van der Waals surface area (Å²) in [6.45, 7) is 32.7. The van der Waals surface area contributed by atoms with Gasteiger partial charge in [-0.15, -0.1) is 0 Å². The van der Waals surface area contributed by atoms with Gasteiger partial charge in [-0.05, 0) is 173 Å². The van der Waals surface area contributed by atoms with Gasteiger partial charge in [0.25, 0.3) is 0 Å². The van der Waals surface area contributed by atoms with Crippen LogP contribution in [0.15, 0.2) is 5.11 Å². The highest BCUT2D eigenvalue weighted by Crippen LogP contribution is 2.48. The van der Waals surface area contributed by atoms with Gasteiger partial charge in [-0.2, -0.15) is 35.2 Å². The van der Waals surface area contributed by atoms with E-state index in [1.807, 2.05) is 111 Å². The average Bonchev–Trinajstić information content (AvgIpc) is 2.99. The molecule has 55 heavy (non-hydrogen) atoms. The average molecular weight is 773 g/mol. The van der Waals surface area contributed by atoms with E-state index in [0.717, 1.165) is 0 Å². The minimum absolute atomic E-state index is 0.0371. The van der Waals surface area contributed by atoms with E-state index >= 15 is 0 Å². The lowest BCUT2D eigenvalue weighted by Crippen LogP contribution is -2.68. The molecule has 16 heteroatoms. The number of hydrogen-bond acceptors (Lipinski definition) is 14. The van der Waals surface area contributed by atoms with Gasteiger partial charge in [-0.1, -0.05) is 0 Å². The monoisotopic (exact) mass is 773 g/mol. The van der Waals surface area contributed by atoms with Crippen molar-refractivity contribution in [3.63, 3.8) is 0 Å². The van der Waals surface area contributed by atoms with Crippen molar-refractivity contribution in [3.8, 4) is 0 Å². The third-order valence-electron chi connectivity index (χ3n) is 13.2. The van der Waals surface area contributed by atoms with Crippen LogP contribution >= 0.6 is 0 Å². The Morgan fingerprint density at radius 1 is 0.455 bits per heavy atom. The summed E-state index contributed by atoms with van der Waals surface area (Å²) >= 11 is 0. The van der Waals surface area contributed by atoms with E-state index in [1.54, 1.807) is 0 Å². The first-order chi connectivity index (χ1) is 24.8. The molecule has 4 fully saturated rings. The second-order valence-corrected chi connectivity index (χ2v) is 22.2. The summed E-state index contributed by atoms with van der Waals surface area (Å²) in [4.78, 5) is 23.0. The maximum Gasteiger partial charge on any atom is 0.231 e. The van der Waals surface area contributed by atoms with Gasteiger partial charge in [0.2, 0.25) is 17.8 Å². The molecular formula is C39H72N12O4. The van der Waals surface area contributed by atoms with Crippen LogP contribution in [0.4, 0.5) is 17.8 Å². The second kappa shape index (κ2) is 13.9. The highest BCUT2D eigenvalue weighted by atomic mass is 16.5. The molecule has 0 saturated carbocycles. The highest BCUT2D eigenvalue weighted by molar-refractivity contribution is 5.48. The lowest BCUT2D eigenvalue weighted by Gasteiger charge is -2.58. The molecule has 5 rings (SSSR count). The number of azide groups is 1. The summed E-state index contributed by atoms with van der Waals surface area (Å²) in [5.41, 5.74) is 5.12. The van der Waals surface area contributed by atoms with Gasteiger partial charge in [0.15, 0.2) is 0 Å². The van der Waals surface area contributed by atoms with E-state index in [-0.39, 0.29) is 30.1 Å². The second-order valence-electron chi connectivity index (χ2n) is 22.2. The van der Waals surface area contributed by atoms with Crippen molar-refractivity contribution >= 4 is 17.8 Å². The number of anilines is 2. The largest absolute Gasteiger partial charge is 0.334 e. The Morgan fingerprint density at radius 2 is 0.655 bits per heavy atom. The van der Waals surface area contributed by atoms with Crippen molar-refractivity contribution < 1.29 is 20.8 Å². The van der Waals surface area contributed by atoms with E-state index in [0.29, 0.717) is 63.3 Å². The molecule has 0 atom stereocenters. The van der Waals surface area contributed by atoms with E-state index in [2.05, 4.69) is 19.8 Å². The van der Waals surface area contributed by atoms with Crippen LogP contribution in [0.1, 0.15) is 162 Å². The fourth-order valence-corrected chi connectivity index (χ4v) is 11.6. The van der Waals surface area contributed by atoms with Gasteiger partial charge < -0.3 is 30.6 Å². The number of hydroxylamine groups is 8. The molecule has 4 N–H and O–H groups in total. The predicted octanol–water partition coefficient (Wildman–Crippen LogP) is 8.07. The Balaban J connectivity index is 1.77. The molecule has 5 heterocycles. The normalized spacial score (nSPS) is 28.7. The van der Waals surface area contributed by atoms with Crippen molar-refractivity contribution in [2.75, 3.05) is 9.80 Å². The number of aromatic nitrogens is 3. The SMILES string of the molecule is CC1(C)CC(N(c2nc(N=[N+]=[N-])nc(N(C3CC(C)(C)N(O)C(C)(C)C3)C3CC(C)(C)N(O)C(C)(C)C3)n2)C2CC(C)(C)N(O)C(C)(C)C2)CC(C)(C)N1O. The zero-order chi connectivity index (χ0) is 41.7. The molecule has 4 aliphatic heterocycles. The Morgan fingerprint density at radius 3 is 0.836 bits per heavy atom. The van der Waals surface area contributed by atoms with Crippen molar-refractivity contribution in [3.05, 3.63) is 10.4 Å². The molecule has 1 aromatic rings. The summed E-state index contributed by atoms with van der Waals surface area (Å²) in [5.74, 6) is 0.740. The van der Waals surface area contributed by atoms with E-state index in [1.165, 1.54) is 20.3 Å². The molecule has 0 unspecified atom stereocenters. The van der Waals surface area contributed by atoms with Gasteiger partial charge >= 0.3 is 0 Å². The molecule has 4 saturated heterocycles. The lowest BCUT2D eigenvalue weighted by atomic mass is 9.74.